The molecule has 0 fully saturated rings. The van der Waals surface area contributed by atoms with Crippen molar-refractivity contribution >= 4 is 0 Å². The molecule has 1 aliphatic carbocycles. The molecule has 0 saturated heterocycles. The first kappa shape index (κ1) is 14.8. The van der Waals surface area contributed by atoms with E-state index in [-0.39, 0.29) is 0 Å². The Balaban J connectivity index is 1.44. The van der Waals surface area contributed by atoms with Crippen LogP contribution in [0.1, 0.15) is 36.0 Å². The minimum atomic E-state index is 0.397. The Bertz CT molecular complexity index is 910. The Morgan fingerprint density at radius 3 is 3.00 bits per heavy atom. The molecule has 0 bridgehead atoms. The first-order valence-corrected chi connectivity index (χ1v) is 8.88. The van der Waals surface area contributed by atoms with Crippen LogP contribution in [0.25, 0.3) is 11.5 Å². The van der Waals surface area contributed by atoms with Crippen molar-refractivity contribution in [3.63, 3.8) is 0 Å². The van der Waals surface area contributed by atoms with Gasteiger partial charge in [0.25, 0.3) is 0 Å². The first-order valence-electron chi connectivity index (χ1n) is 8.88. The second kappa shape index (κ2) is 5.77. The maximum absolute atomic E-state index is 4.69. The van der Waals surface area contributed by atoms with Crippen LogP contribution in [0.4, 0.5) is 0 Å². The predicted molar refractivity (Wildman–Crippen MR) is 92.6 cm³/mol. The lowest BCUT2D eigenvalue weighted by atomic mass is 9.90. The molecular formula is C18H21N7. The minimum Gasteiger partial charge on any atom is -0.340 e. The van der Waals surface area contributed by atoms with Crippen LogP contribution in [0.5, 0.6) is 0 Å². The first-order chi connectivity index (χ1) is 12.3. The predicted octanol–water partition coefficient (Wildman–Crippen LogP) is 1.97. The second-order valence-corrected chi connectivity index (χ2v) is 6.94. The molecule has 3 aromatic rings. The van der Waals surface area contributed by atoms with Crippen LogP contribution in [0, 0.1) is 0 Å². The molecule has 128 valence electrons. The lowest BCUT2D eigenvalue weighted by Gasteiger charge is -2.37. The van der Waals surface area contributed by atoms with E-state index >= 15 is 0 Å². The number of rotatable bonds is 2. The van der Waals surface area contributed by atoms with Crippen LogP contribution >= 0.6 is 0 Å². The normalized spacial score (nSPS) is 20.3. The van der Waals surface area contributed by atoms with E-state index in [0.29, 0.717) is 6.04 Å². The quantitative estimate of drug-likeness (QED) is 0.716. The Morgan fingerprint density at radius 2 is 2.12 bits per heavy atom. The number of pyridine rings is 1. The summed E-state index contributed by atoms with van der Waals surface area (Å²) < 4.78 is 4.15. The molecule has 5 rings (SSSR count). The molecule has 1 atom stereocenters. The number of hydrogen-bond donors (Lipinski definition) is 0. The Morgan fingerprint density at radius 1 is 1.16 bits per heavy atom. The van der Waals surface area contributed by atoms with Gasteiger partial charge >= 0.3 is 0 Å². The highest BCUT2D eigenvalue weighted by Gasteiger charge is 2.31. The molecule has 0 radical (unpaired) electrons. The summed E-state index contributed by atoms with van der Waals surface area (Å²) >= 11 is 0. The zero-order chi connectivity index (χ0) is 16.8. The zero-order valence-electron chi connectivity index (χ0n) is 14.3. The third-order valence-electron chi connectivity index (χ3n) is 5.32. The summed E-state index contributed by atoms with van der Waals surface area (Å²) in [5.74, 6) is 1.90. The third kappa shape index (κ3) is 2.46. The second-order valence-electron chi connectivity index (χ2n) is 6.94. The summed E-state index contributed by atoms with van der Waals surface area (Å²) in [6.45, 7) is 2.71. The molecule has 0 spiro atoms. The summed E-state index contributed by atoms with van der Waals surface area (Å²) in [7, 11) is 1.97. The molecule has 3 aromatic heterocycles. The Hall–Kier alpha value is -2.54. The van der Waals surface area contributed by atoms with E-state index in [1.54, 1.807) is 6.33 Å². The number of imidazole rings is 1. The van der Waals surface area contributed by atoms with Crippen LogP contribution < -0.4 is 0 Å². The van der Waals surface area contributed by atoms with Gasteiger partial charge in [-0.25, -0.2) is 4.98 Å². The van der Waals surface area contributed by atoms with Gasteiger partial charge in [0.05, 0.1) is 24.6 Å². The highest BCUT2D eigenvalue weighted by Crippen LogP contribution is 2.35. The highest BCUT2D eigenvalue weighted by atomic mass is 15.4. The summed E-state index contributed by atoms with van der Waals surface area (Å²) in [4.78, 5) is 11.6. The fourth-order valence-corrected chi connectivity index (χ4v) is 4.10. The lowest BCUT2D eigenvalue weighted by molar-refractivity contribution is 0.135. The molecule has 4 heterocycles. The van der Waals surface area contributed by atoms with Crippen LogP contribution in [-0.2, 0) is 26.6 Å². The van der Waals surface area contributed by atoms with Crippen molar-refractivity contribution in [1.82, 2.24) is 34.2 Å². The van der Waals surface area contributed by atoms with Gasteiger partial charge in [0.15, 0.2) is 5.82 Å². The van der Waals surface area contributed by atoms with Gasteiger partial charge in [0.1, 0.15) is 11.5 Å². The summed E-state index contributed by atoms with van der Waals surface area (Å²) in [5.41, 5.74) is 3.55. The number of hydrogen-bond acceptors (Lipinski definition) is 5. The zero-order valence-corrected chi connectivity index (χ0v) is 14.3. The average molecular weight is 335 g/mol. The molecule has 0 saturated carbocycles. The molecule has 0 amide bonds. The van der Waals surface area contributed by atoms with Crippen LogP contribution in [0.2, 0.25) is 0 Å². The summed E-state index contributed by atoms with van der Waals surface area (Å²) in [6, 6.07) is 4.67. The molecule has 1 unspecified atom stereocenters. The lowest BCUT2D eigenvalue weighted by Crippen LogP contribution is -2.38. The smallest absolute Gasteiger partial charge is 0.184 e. The fraction of sp³-hybridized carbons (Fsp3) is 0.444. The molecule has 0 aromatic carbocycles. The molecule has 7 nitrogen and oxygen atoms in total. The van der Waals surface area contributed by atoms with Crippen LogP contribution in [0.3, 0.4) is 0 Å². The van der Waals surface area contributed by atoms with Crippen molar-refractivity contribution in [2.45, 2.75) is 38.4 Å². The monoisotopic (exact) mass is 335 g/mol. The topological polar surface area (TPSA) is 64.7 Å². The van der Waals surface area contributed by atoms with E-state index in [2.05, 4.69) is 30.7 Å². The number of nitrogens with zero attached hydrogens (tertiary/aromatic N) is 7. The van der Waals surface area contributed by atoms with E-state index < -0.39 is 0 Å². The van der Waals surface area contributed by atoms with E-state index in [1.807, 2.05) is 30.1 Å². The van der Waals surface area contributed by atoms with Gasteiger partial charge in [0.2, 0.25) is 0 Å². The molecule has 0 N–H and O–H groups in total. The van der Waals surface area contributed by atoms with E-state index in [4.69, 9.17) is 4.98 Å². The van der Waals surface area contributed by atoms with Gasteiger partial charge in [0, 0.05) is 32.5 Å². The van der Waals surface area contributed by atoms with Crippen molar-refractivity contribution in [3.8, 4) is 11.5 Å². The van der Waals surface area contributed by atoms with Gasteiger partial charge in [-0.05, 0) is 30.9 Å². The minimum absolute atomic E-state index is 0.397. The van der Waals surface area contributed by atoms with Crippen molar-refractivity contribution in [3.05, 3.63) is 47.9 Å². The third-order valence-corrected chi connectivity index (χ3v) is 5.32. The van der Waals surface area contributed by atoms with Gasteiger partial charge < -0.3 is 9.13 Å². The van der Waals surface area contributed by atoms with Crippen LogP contribution in [0.15, 0.2) is 30.9 Å². The highest BCUT2D eigenvalue weighted by molar-refractivity contribution is 5.48. The Labute approximate surface area is 146 Å². The SMILES string of the molecule is Cn1cnc(-c2nnc3n2CCN(C2CCCc4cccnc42)C3)c1. The van der Waals surface area contributed by atoms with Crippen LogP contribution in [-0.4, -0.2) is 40.7 Å². The maximum Gasteiger partial charge on any atom is 0.184 e. The van der Waals surface area contributed by atoms with Gasteiger partial charge in [-0.2, -0.15) is 0 Å². The van der Waals surface area contributed by atoms with Crippen molar-refractivity contribution in [2.24, 2.45) is 7.05 Å². The summed E-state index contributed by atoms with van der Waals surface area (Å²) in [5, 5.41) is 8.85. The maximum atomic E-state index is 4.69. The number of aromatic nitrogens is 6. The van der Waals surface area contributed by atoms with Crippen molar-refractivity contribution < 1.29 is 0 Å². The largest absolute Gasteiger partial charge is 0.340 e. The van der Waals surface area contributed by atoms with Gasteiger partial charge in [-0.15, -0.1) is 10.2 Å². The molecule has 2 aliphatic rings. The van der Waals surface area contributed by atoms with E-state index in [0.717, 1.165) is 43.4 Å². The van der Waals surface area contributed by atoms with Crippen molar-refractivity contribution in [2.75, 3.05) is 6.54 Å². The van der Waals surface area contributed by atoms with Crippen molar-refractivity contribution in [1.29, 1.82) is 0 Å². The number of aryl methyl sites for hydroxylation is 2. The van der Waals surface area contributed by atoms with E-state index in [9.17, 15) is 0 Å². The van der Waals surface area contributed by atoms with Gasteiger partial charge in [-0.1, -0.05) is 6.07 Å². The summed E-state index contributed by atoms with van der Waals surface area (Å²) in [6.07, 6.45) is 9.26. The standard InChI is InChI=1S/C18H21N7/c1-23-10-14(20-12-23)18-22-21-16-11-24(8-9-25(16)18)15-6-2-4-13-5-3-7-19-17(13)15/h3,5,7,10,12,15H,2,4,6,8-9,11H2,1H3. The average Bonchev–Trinajstić information content (AvgIpc) is 3.26. The molecule has 1 aliphatic heterocycles. The number of fused-ring (bicyclic) bond motifs is 2. The Kier molecular flexibility index (Phi) is 3.41. The molecule has 7 heteroatoms. The molecule has 25 heavy (non-hydrogen) atoms. The molecular weight excluding hydrogens is 314 g/mol. The van der Waals surface area contributed by atoms with E-state index in [1.165, 1.54) is 24.1 Å². The van der Waals surface area contributed by atoms with Gasteiger partial charge in [-0.3, -0.25) is 9.88 Å². The fourth-order valence-electron chi connectivity index (χ4n) is 4.10.